The Morgan fingerprint density at radius 2 is 1.87 bits per heavy atom. The molecule has 0 spiro atoms. The fourth-order valence-corrected chi connectivity index (χ4v) is 1.97. The van der Waals surface area contributed by atoms with E-state index in [-0.39, 0.29) is 0 Å². The zero-order chi connectivity index (χ0) is 11.6. The maximum absolute atomic E-state index is 5.73. The zero-order valence-corrected chi connectivity index (χ0v) is 12.5. The van der Waals surface area contributed by atoms with Crippen molar-refractivity contribution in [2.45, 2.75) is 13.0 Å². The molecule has 15 heavy (non-hydrogen) atoms. The molecule has 0 aromatic heterocycles. The number of hydrogen-bond acceptors (Lipinski definition) is 1. The highest BCUT2D eigenvalue weighted by Crippen LogP contribution is 2.30. The molecule has 0 radical (unpaired) electrons. The number of likely N-dealkylation sites (N-methyl/N-ethyl adjacent to an activating group) is 1. The van der Waals surface area contributed by atoms with E-state index >= 15 is 0 Å². The van der Waals surface area contributed by atoms with Crippen LogP contribution >= 0.6 is 31.9 Å². The van der Waals surface area contributed by atoms with Gasteiger partial charge in [-0.05, 0) is 44.8 Å². The molecule has 2 nitrogen and oxygen atoms in total. The molecule has 0 saturated heterocycles. The molecule has 0 aliphatic rings. The van der Waals surface area contributed by atoms with Crippen molar-refractivity contribution >= 4 is 37.5 Å². The monoisotopic (exact) mass is 335 g/mol. The van der Waals surface area contributed by atoms with Crippen molar-refractivity contribution in [3.63, 3.8) is 0 Å². The van der Waals surface area contributed by atoms with Crippen LogP contribution in [0.4, 0.5) is 5.69 Å². The molecule has 1 rings (SSSR count). The van der Waals surface area contributed by atoms with Gasteiger partial charge in [0.2, 0.25) is 0 Å². The van der Waals surface area contributed by atoms with Crippen LogP contribution in [0.15, 0.2) is 27.1 Å². The van der Waals surface area contributed by atoms with Crippen LogP contribution in [-0.4, -0.2) is 26.7 Å². The van der Waals surface area contributed by atoms with E-state index in [1.165, 1.54) is 5.69 Å². The van der Waals surface area contributed by atoms with Gasteiger partial charge in [0.05, 0.1) is 14.1 Å². The molecule has 0 saturated carbocycles. The molecule has 0 amide bonds. The summed E-state index contributed by atoms with van der Waals surface area (Å²) < 4.78 is 2.95. The Morgan fingerprint density at radius 3 is 2.33 bits per heavy atom. The second-order valence-electron chi connectivity index (χ2n) is 4.22. The first-order valence-corrected chi connectivity index (χ1v) is 6.47. The van der Waals surface area contributed by atoms with E-state index in [4.69, 9.17) is 5.73 Å². The lowest BCUT2D eigenvalue weighted by Crippen LogP contribution is -2.51. The van der Waals surface area contributed by atoms with Crippen LogP contribution in [0.5, 0.6) is 0 Å². The highest BCUT2D eigenvalue weighted by Gasteiger charge is 2.25. The van der Waals surface area contributed by atoms with E-state index in [9.17, 15) is 0 Å². The lowest BCUT2D eigenvalue weighted by atomic mass is 10.2. The first kappa shape index (κ1) is 13.2. The van der Waals surface area contributed by atoms with Crippen LogP contribution in [0.1, 0.15) is 6.92 Å². The van der Waals surface area contributed by atoms with Crippen molar-refractivity contribution in [3.8, 4) is 0 Å². The minimum absolute atomic E-state index is 0.401. The van der Waals surface area contributed by atoms with Gasteiger partial charge < -0.3 is 5.73 Å². The average Bonchev–Trinajstić information content (AvgIpc) is 2.20. The molecule has 0 fully saturated rings. The number of hydrogen-bond donors (Lipinski definition) is 1. The molecule has 1 aromatic carbocycles. The summed E-state index contributed by atoms with van der Waals surface area (Å²) in [6.45, 7) is 2.84. The lowest BCUT2D eigenvalue weighted by Gasteiger charge is -2.35. The molecule has 1 aromatic rings. The van der Waals surface area contributed by atoms with Gasteiger partial charge in [-0.25, -0.2) is 0 Å². The summed E-state index contributed by atoms with van der Waals surface area (Å²) in [5.41, 5.74) is 6.98. The molecular weight excluding hydrogens is 320 g/mol. The minimum Gasteiger partial charge on any atom is -0.325 e. The van der Waals surface area contributed by atoms with Gasteiger partial charge in [-0.1, -0.05) is 0 Å². The quantitative estimate of drug-likeness (QED) is 0.843. The van der Waals surface area contributed by atoms with Crippen LogP contribution in [0.2, 0.25) is 0 Å². The second-order valence-corrected chi connectivity index (χ2v) is 5.93. The van der Waals surface area contributed by atoms with Crippen LogP contribution in [-0.2, 0) is 0 Å². The molecule has 4 heteroatoms. The predicted molar refractivity (Wildman–Crippen MR) is 74.0 cm³/mol. The zero-order valence-electron chi connectivity index (χ0n) is 9.30. The van der Waals surface area contributed by atoms with Crippen molar-refractivity contribution in [1.82, 2.24) is 4.48 Å². The van der Waals surface area contributed by atoms with Gasteiger partial charge in [-0.3, -0.25) is 4.48 Å². The van der Waals surface area contributed by atoms with Crippen LogP contribution in [0, 0.1) is 0 Å². The van der Waals surface area contributed by atoms with Crippen molar-refractivity contribution in [2.75, 3.05) is 20.6 Å². The number of nitrogens with zero attached hydrogens (tertiary/aromatic N) is 1. The largest absolute Gasteiger partial charge is 0.325 e. The van der Waals surface area contributed by atoms with Crippen LogP contribution in [0.3, 0.4) is 0 Å². The smallest absolute Gasteiger partial charge is 0.133 e. The summed E-state index contributed by atoms with van der Waals surface area (Å²) in [7, 11) is 4.35. The number of halogens is 2. The van der Waals surface area contributed by atoms with E-state index < -0.39 is 0 Å². The molecule has 1 unspecified atom stereocenters. The highest BCUT2D eigenvalue weighted by atomic mass is 79.9. The number of benzene rings is 1. The third-order valence-corrected chi connectivity index (χ3v) is 4.89. The van der Waals surface area contributed by atoms with E-state index in [0.29, 0.717) is 12.6 Å². The summed E-state index contributed by atoms with van der Waals surface area (Å²) in [5.74, 6) is 0. The van der Waals surface area contributed by atoms with Crippen molar-refractivity contribution in [3.05, 3.63) is 27.1 Å². The Hall–Kier alpha value is 0.1000. The summed E-state index contributed by atoms with van der Waals surface area (Å²) in [6, 6.07) is 6.72. The SMILES string of the molecule is CC(CN)[N+](C)(C)c1ccc(Br)c(Br)c1. The average molecular weight is 337 g/mol. The molecule has 0 aliphatic heterocycles. The summed E-state index contributed by atoms with van der Waals surface area (Å²) >= 11 is 6.99. The topological polar surface area (TPSA) is 26.0 Å². The van der Waals surface area contributed by atoms with Crippen LogP contribution in [0.25, 0.3) is 0 Å². The lowest BCUT2D eigenvalue weighted by molar-refractivity contribution is 0.315. The van der Waals surface area contributed by atoms with Gasteiger partial charge >= 0.3 is 0 Å². The van der Waals surface area contributed by atoms with Gasteiger partial charge in [-0.15, -0.1) is 0 Å². The fraction of sp³-hybridized carbons (Fsp3) is 0.455. The first-order valence-electron chi connectivity index (χ1n) is 4.89. The normalized spacial score (nSPS) is 14.0. The molecule has 84 valence electrons. The standard InChI is InChI=1S/C11H17Br2N2/c1-8(7-14)15(2,3)9-4-5-10(12)11(13)6-9/h4-6,8H,7,14H2,1-3H3/q+1. The Morgan fingerprint density at radius 1 is 1.27 bits per heavy atom. The summed E-state index contributed by atoms with van der Waals surface area (Å²) in [5, 5.41) is 0. The van der Waals surface area contributed by atoms with Gasteiger partial charge in [0.15, 0.2) is 0 Å². The number of quaternary nitrogens is 1. The van der Waals surface area contributed by atoms with E-state index in [1.807, 2.05) is 0 Å². The third-order valence-electron chi connectivity index (χ3n) is 3.01. The Kier molecular flexibility index (Phi) is 4.35. The molecular formula is C11H17Br2N2+. The van der Waals surface area contributed by atoms with Gasteiger partial charge in [0.25, 0.3) is 0 Å². The molecule has 2 N–H and O–H groups in total. The fourth-order valence-electron chi connectivity index (χ4n) is 1.36. The van der Waals surface area contributed by atoms with Crippen LogP contribution < -0.4 is 10.2 Å². The molecule has 1 atom stereocenters. The Bertz CT molecular complexity index is 350. The van der Waals surface area contributed by atoms with Gasteiger partial charge in [0.1, 0.15) is 11.7 Å². The summed E-state index contributed by atoms with van der Waals surface area (Å²) in [4.78, 5) is 0. The van der Waals surface area contributed by atoms with E-state index in [2.05, 4.69) is 71.1 Å². The predicted octanol–water partition coefficient (Wildman–Crippen LogP) is 3.13. The third kappa shape index (κ3) is 2.81. The number of nitrogens with two attached hydrogens (primary N) is 1. The maximum atomic E-state index is 5.73. The summed E-state index contributed by atoms with van der Waals surface area (Å²) in [6.07, 6.45) is 0. The second kappa shape index (κ2) is 4.95. The molecule has 0 heterocycles. The van der Waals surface area contributed by atoms with E-state index in [0.717, 1.165) is 13.4 Å². The van der Waals surface area contributed by atoms with Gasteiger partial charge in [0, 0.05) is 27.6 Å². The minimum atomic E-state index is 0.401. The molecule has 0 bridgehead atoms. The maximum Gasteiger partial charge on any atom is 0.133 e. The van der Waals surface area contributed by atoms with Gasteiger partial charge in [-0.2, -0.15) is 0 Å². The van der Waals surface area contributed by atoms with Crippen molar-refractivity contribution in [1.29, 1.82) is 0 Å². The number of rotatable bonds is 3. The first-order chi connectivity index (χ1) is 6.89. The highest BCUT2D eigenvalue weighted by molar-refractivity contribution is 9.13. The van der Waals surface area contributed by atoms with Crippen molar-refractivity contribution < 1.29 is 0 Å². The molecule has 0 aliphatic carbocycles. The van der Waals surface area contributed by atoms with Crippen molar-refractivity contribution in [2.24, 2.45) is 5.73 Å². The Balaban J connectivity index is 3.10. The van der Waals surface area contributed by atoms with E-state index in [1.54, 1.807) is 0 Å². The Labute approximate surface area is 108 Å².